The highest BCUT2D eigenvalue weighted by atomic mass is 19.2. The van der Waals surface area contributed by atoms with Gasteiger partial charge in [0.05, 0.1) is 17.2 Å². The Kier molecular flexibility index (Phi) is 6.10. The van der Waals surface area contributed by atoms with Crippen molar-refractivity contribution < 1.29 is 18.0 Å². The summed E-state index contributed by atoms with van der Waals surface area (Å²) in [5, 5.41) is 7.66. The summed E-state index contributed by atoms with van der Waals surface area (Å²) in [7, 11) is 0. The Bertz CT molecular complexity index is 1390. The number of amides is 1. The maximum absolute atomic E-state index is 13.6. The number of hydrogen-bond donors (Lipinski definition) is 1. The first-order chi connectivity index (χ1) is 16.9. The van der Waals surface area contributed by atoms with Gasteiger partial charge in [-0.1, -0.05) is 12.1 Å². The fourth-order valence-electron chi connectivity index (χ4n) is 4.35. The second-order valence-electron chi connectivity index (χ2n) is 8.44. The third kappa shape index (κ3) is 4.55. The van der Waals surface area contributed by atoms with Crippen LogP contribution in [0.1, 0.15) is 30.3 Å². The van der Waals surface area contributed by atoms with Crippen LogP contribution in [0.2, 0.25) is 0 Å². The van der Waals surface area contributed by atoms with Crippen LogP contribution in [0, 0.1) is 17.5 Å². The number of nitrogens with one attached hydrogen (secondary N) is 1. The van der Waals surface area contributed by atoms with Crippen molar-refractivity contribution >= 4 is 22.8 Å². The molecular formula is C25H23F3N6O. The van der Waals surface area contributed by atoms with Gasteiger partial charge in [-0.25, -0.2) is 18.2 Å². The van der Waals surface area contributed by atoms with E-state index in [-0.39, 0.29) is 28.8 Å². The molecular weight excluding hydrogens is 457 g/mol. The fraction of sp³-hybridized carbons (Fsp3) is 0.280. The number of aryl methyl sites for hydroxylation is 1. The Morgan fingerprint density at radius 3 is 2.60 bits per heavy atom. The smallest absolute Gasteiger partial charge is 0.275 e. The molecule has 2 aromatic heterocycles. The van der Waals surface area contributed by atoms with Gasteiger partial charge < -0.3 is 10.2 Å². The highest BCUT2D eigenvalue weighted by Crippen LogP contribution is 2.28. The monoisotopic (exact) mass is 480 g/mol. The van der Waals surface area contributed by atoms with E-state index in [4.69, 9.17) is 0 Å². The van der Waals surface area contributed by atoms with Crippen LogP contribution in [-0.2, 0) is 6.54 Å². The average Bonchev–Trinajstić information content (AvgIpc) is 3.51. The Hall–Kier alpha value is -3.95. The molecule has 3 heterocycles. The summed E-state index contributed by atoms with van der Waals surface area (Å²) in [5.41, 5.74) is 2.20. The number of benzene rings is 2. The van der Waals surface area contributed by atoms with Crippen molar-refractivity contribution in [2.24, 2.45) is 0 Å². The molecule has 0 spiro atoms. The Morgan fingerprint density at radius 1 is 1.11 bits per heavy atom. The third-order valence-electron chi connectivity index (χ3n) is 6.18. The molecule has 0 radical (unpaired) electrons. The zero-order valence-electron chi connectivity index (χ0n) is 19.0. The van der Waals surface area contributed by atoms with Gasteiger partial charge in [-0.2, -0.15) is 5.10 Å². The quantitative estimate of drug-likeness (QED) is 0.435. The molecule has 1 atom stereocenters. The van der Waals surface area contributed by atoms with Crippen molar-refractivity contribution in [3.8, 4) is 11.1 Å². The number of carbonyl (C=O) groups is 1. The van der Waals surface area contributed by atoms with Crippen LogP contribution in [0.25, 0.3) is 22.2 Å². The first-order valence-electron chi connectivity index (χ1n) is 11.4. The van der Waals surface area contributed by atoms with Crippen LogP contribution in [0.5, 0.6) is 0 Å². The number of rotatable bonds is 6. The Labute approximate surface area is 199 Å². The number of carbonyl (C=O) groups excluding carboxylic acids is 1. The average molecular weight is 480 g/mol. The second-order valence-corrected chi connectivity index (χ2v) is 8.44. The molecule has 0 unspecified atom stereocenters. The predicted molar refractivity (Wildman–Crippen MR) is 125 cm³/mol. The third-order valence-corrected chi connectivity index (χ3v) is 6.18. The van der Waals surface area contributed by atoms with Crippen LogP contribution < -0.4 is 5.32 Å². The van der Waals surface area contributed by atoms with E-state index >= 15 is 0 Å². The summed E-state index contributed by atoms with van der Waals surface area (Å²) in [6.45, 7) is 3.53. The van der Waals surface area contributed by atoms with E-state index in [1.165, 1.54) is 18.3 Å². The van der Waals surface area contributed by atoms with Gasteiger partial charge in [0.25, 0.3) is 5.91 Å². The zero-order valence-corrected chi connectivity index (χ0v) is 19.0. The highest BCUT2D eigenvalue weighted by molar-refractivity contribution is 5.99. The molecule has 1 N–H and O–H groups in total. The molecule has 10 heteroatoms. The second kappa shape index (κ2) is 9.36. The number of anilines is 1. The molecule has 1 fully saturated rings. The number of nitrogens with zero attached hydrogens (tertiary/aromatic N) is 5. The van der Waals surface area contributed by atoms with Gasteiger partial charge in [0.1, 0.15) is 11.6 Å². The summed E-state index contributed by atoms with van der Waals surface area (Å²) < 4.78 is 42.1. The molecule has 0 bridgehead atoms. The van der Waals surface area contributed by atoms with E-state index in [1.807, 2.05) is 6.92 Å². The van der Waals surface area contributed by atoms with Crippen LogP contribution in [0.3, 0.4) is 0 Å². The molecule has 0 aliphatic carbocycles. The lowest BCUT2D eigenvalue weighted by atomic mass is 10.1. The number of likely N-dealkylation sites (tertiary alicyclic amines) is 1. The minimum Gasteiger partial charge on any atom is -0.367 e. The summed E-state index contributed by atoms with van der Waals surface area (Å²) in [6, 6.07) is 7.90. The maximum Gasteiger partial charge on any atom is 0.275 e. The SMILES string of the molecule is CCn1cc(-c2ccc(F)cc2)c(C(=O)N2CCC[C@H]2CNc2cnc3cc(F)c(F)cc3n2)n1. The van der Waals surface area contributed by atoms with Crippen LogP contribution in [0.15, 0.2) is 48.8 Å². The standard InChI is InChI=1S/C25H23F3N6O/c1-2-33-14-18(15-5-7-16(26)8-6-15)24(32-33)25(35)34-9-3-4-17(34)12-30-23-13-29-21-10-19(27)20(28)11-22(21)31-23/h5-8,10-11,13-14,17H,2-4,9,12H2,1H3,(H,30,31)/t17-/m0/s1. The van der Waals surface area contributed by atoms with Crippen molar-refractivity contribution in [3.05, 3.63) is 71.9 Å². The number of aromatic nitrogens is 4. The van der Waals surface area contributed by atoms with E-state index in [0.717, 1.165) is 30.5 Å². The summed E-state index contributed by atoms with van der Waals surface area (Å²) in [4.78, 5) is 23.8. The lowest BCUT2D eigenvalue weighted by molar-refractivity contribution is 0.0737. The van der Waals surface area contributed by atoms with Gasteiger partial charge in [0.2, 0.25) is 0 Å². The van der Waals surface area contributed by atoms with Gasteiger partial charge in [0.15, 0.2) is 17.3 Å². The van der Waals surface area contributed by atoms with Crippen molar-refractivity contribution in [1.29, 1.82) is 0 Å². The van der Waals surface area contributed by atoms with Crippen LogP contribution in [0.4, 0.5) is 19.0 Å². The Balaban J connectivity index is 1.35. The molecule has 1 aliphatic rings. The number of fused-ring (bicyclic) bond motifs is 1. The van der Waals surface area contributed by atoms with Crippen LogP contribution >= 0.6 is 0 Å². The van der Waals surface area contributed by atoms with Gasteiger partial charge in [-0.05, 0) is 37.5 Å². The number of halogens is 3. The van der Waals surface area contributed by atoms with Gasteiger partial charge in [-0.3, -0.25) is 14.5 Å². The lowest BCUT2D eigenvalue weighted by Crippen LogP contribution is -2.40. The van der Waals surface area contributed by atoms with Gasteiger partial charge >= 0.3 is 0 Å². The normalized spacial score (nSPS) is 15.7. The summed E-state index contributed by atoms with van der Waals surface area (Å²) in [5.74, 6) is -2.09. The van der Waals surface area contributed by atoms with Crippen molar-refractivity contribution in [2.45, 2.75) is 32.4 Å². The van der Waals surface area contributed by atoms with Gasteiger partial charge in [-0.15, -0.1) is 0 Å². The van der Waals surface area contributed by atoms with Crippen molar-refractivity contribution in [2.75, 3.05) is 18.4 Å². The van der Waals surface area contributed by atoms with E-state index < -0.39 is 11.6 Å². The van der Waals surface area contributed by atoms with Crippen LogP contribution in [-0.4, -0.2) is 49.7 Å². The molecule has 1 amide bonds. The molecule has 5 rings (SSSR count). The minimum atomic E-state index is -0.986. The molecule has 7 nitrogen and oxygen atoms in total. The van der Waals surface area contributed by atoms with E-state index in [0.29, 0.717) is 36.7 Å². The summed E-state index contributed by atoms with van der Waals surface area (Å²) >= 11 is 0. The topological polar surface area (TPSA) is 75.9 Å². The minimum absolute atomic E-state index is 0.113. The maximum atomic E-state index is 13.6. The first kappa shape index (κ1) is 22.8. The van der Waals surface area contributed by atoms with Gasteiger partial charge in [0, 0.05) is 49.6 Å². The first-order valence-corrected chi connectivity index (χ1v) is 11.4. The molecule has 35 heavy (non-hydrogen) atoms. The largest absolute Gasteiger partial charge is 0.367 e. The number of hydrogen-bond acceptors (Lipinski definition) is 5. The molecule has 1 aliphatic heterocycles. The molecule has 4 aromatic rings. The zero-order chi connectivity index (χ0) is 24.5. The molecule has 0 saturated carbocycles. The molecule has 2 aromatic carbocycles. The van der Waals surface area contributed by atoms with Crippen molar-refractivity contribution in [3.63, 3.8) is 0 Å². The fourth-order valence-corrected chi connectivity index (χ4v) is 4.35. The van der Waals surface area contributed by atoms with Crippen molar-refractivity contribution in [1.82, 2.24) is 24.6 Å². The molecule has 1 saturated heterocycles. The predicted octanol–water partition coefficient (Wildman–Crippen LogP) is 4.65. The highest BCUT2D eigenvalue weighted by Gasteiger charge is 2.32. The van der Waals surface area contributed by atoms with E-state index in [1.54, 1.807) is 27.9 Å². The van der Waals surface area contributed by atoms with E-state index in [9.17, 15) is 18.0 Å². The van der Waals surface area contributed by atoms with E-state index in [2.05, 4.69) is 20.4 Å². The lowest BCUT2D eigenvalue weighted by Gasteiger charge is -2.25. The molecule has 180 valence electrons. The Morgan fingerprint density at radius 2 is 1.86 bits per heavy atom. The summed E-state index contributed by atoms with van der Waals surface area (Å²) in [6.07, 6.45) is 4.89.